The van der Waals surface area contributed by atoms with Crippen molar-refractivity contribution in [1.29, 1.82) is 0 Å². The maximum atomic E-state index is 12.5. The summed E-state index contributed by atoms with van der Waals surface area (Å²) in [5, 5.41) is 9.21. The first-order valence-corrected chi connectivity index (χ1v) is 7.72. The molecule has 2 aromatic rings. The van der Waals surface area contributed by atoms with Crippen LogP contribution in [-0.4, -0.2) is 40.3 Å². The Bertz CT molecular complexity index is 808. The zero-order valence-electron chi connectivity index (χ0n) is 13.3. The Kier molecular flexibility index (Phi) is 5.57. The molecule has 0 radical (unpaired) electrons. The van der Waals surface area contributed by atoms with Gasteiger partial charge in [-0.15, -0.1) is 24.8 Å². The molecular formula is C15H21Cl2N5O2. The van der Waals surface area contributed by atoms with Crippen LogP contribution >= 0.6 is 24.8 Å². The number of nitrogens with one attached hydrogen (secondary N) is 3. The van der Waals surface area contributed by atoms with Crippen LogP contribution in [0.15, 0.2) is 10.9 Å². The standard InChI is InChI=1S/C15H19N5O2.2ClH/c1-20-13-12(15(22)19-20)10(4-11(18-13)9-2-3-9)14(21)17-7-8-5-16-6-8;;/h4,8-9,16H,2-3,5-7H2,1H3,(H,17,21)(H,19,22);2*1H. The van der Waals surface area contributed by atoms with Gasteiger partial charge in [-0.05, 0) is 18.9 Å². The number of halogens is 2. The molecule has 7 nitrogen and oxygen atoms in total. The van der Waals surface area contributed by atoms with Gasteiger partial charge < -0.3 is 10.6 Å². The first kappa shape index (κ1) is 18.8. The lowest BCUT2D eigenvalue weighted by atomic mass is 10.0. The van der Waals surface area contributed by atoms with E-state index in [0.29, 0.717) is 35.0 Å². The van der Waals surface area contributed by atoms with Gasteiger partial charge in [0.15, 0.2) is 5.65 Å². The van der Waals surface area contributed by atoms with E-state index in [0.717, 1.165) is 31.6 Å². The fraction of sp³-hybridized carbons (Fsp3) is 0.533. The molecule has 0 spiro atoms. The topological polar surface area (TPSA) is 91.8 Å². The number of aromatic amines is 1. The van der Waals surface area contributed by atoms with Gasteiger partial charge in [-0.3, -0.25) is 19.4 Å². The molecule has 9 heteroatoms. The number of carbonyl (C=O) groups excluding carboxylic acids is 1. The quantitative estimate of drug-likeness (QED) is 0.743. The molecule has 3 heterocycles. The van der Waals surface area contributed by atoms with Crippen molar-refractivity contribution in [3.8, 4) is 0 Å². The molecule has 24 heavy (non-hydrogen) atoms. The summed E-state index contributed by atoms with van der Waals surface area (Å²) in [6.07, 6.45) is 2.21. The molecule has 1 amide bonds. The van der Waals surface area contributed by atoms with E-state index in [2.05, 4.69) is 20.7 Å². The second-order valence-corrected chi connectivity index (χ2v) is 6.30. The minimum atomic E-state index is -0.261. The van der Waals surface area contributed by atoms with Crippen molar-refractivity contribution in [1.82, 2.24) is 25.4 Å². The number of pyridine rings is 1. The third-order valence-electron chi connectivity index (χ3n) is 4.49. The van der Waals surface area contributed by atoms with Gasteiger partial charge in [-0.2, -0.15) is 0 Å². The number of fused-ring (bicyclic) bond motifs is 1. The molecule has 4 rings (SSSR count). The maximum Gasteiger partial charge on any atom is 0.274 e. The first-order chi connectivity index (χ1) is 10.6. The SMILES string of the molecule is Cl.Cl.Cn1[nH]c(=O)c2c(C(=O)NCC3CNC3)cc(C3CC3)nc21. The fourth-order valence-electron chi connectivity index (χ4n) is 2.87. The van der Waals surface area contributed by atoms with E-state index in [9.17, 15) is 9.59 Å². The van der Waals surface area contributed by atoms with Gasteiger partial charge in [0.05, 0.1) is 10.9 Å². The molecule has 0 unspecified atom stereocenters. The summed E-state index contributed by atoms with van der Waals surface area (Å²) in [6.45, 7) is 2.51. The van der Waals surface area contributed by atoms with Crippen molar-refractivity contribution < 1.29 is 4.79 Å². The van der Waals surface area contributed by atoms with E-state index >= 15 is 0 Å². The zero-order valence-corrected chi connectivity index (χ0v) is 14.9. The number of hydrogen-bond donors (Lipinski definition) is 3. The molecule has 3 N–H and O–H groups in total. The van der Waals surface area contributed by atoms with Crippen molar-refractivity contribution >= 4 is 41.8 Å². The van der Waals surface area contributed by atoms with Crippen LogP contribution in [0.25, 0.3) is 11.0 Å². The second kappa shape index (κ2) is 7.13. The van der Waals surface area contributed by atoms with Crippen LogP contribution in [0, 0.1) is 5.92 Å². The highest BCUT2D eigenvalue weighted by Gasteiger charge is 2.28. The number of hydrogen-bond acceptors (Lipinski definition) is 4. The molecule has 1 saturated carbocycles. The Labute approximate surface area is 151 Å². The summed E-state index contributed by atoms with van der Waals surface area (Å²) < 4.78 is 1.59. The number of aromatic nitrogens is 3. The predicted molar refractivity (Wildman–Crippen MR) is 96.5 cm³/mol. The lowest BCUT2D eigenvalue weighted by Crippen LogP contribution is -2.48. The molecule has 2 aromatic heterocycles. The van der Waals surface area contributed by atoms with Crippen LogP contribution in [0.3, 0.4) is 0 Å². The van der Waals surface area contributed by atoms with Crippen LogP contribution in [0.2, 0.25) is 0 Å². The van der Waals surface area contributed by atoms with Gasteiger partial charge >= 0.3 is 0 Å². The van der Waals surface area contributed by atoms with Crippen LogP contribution in [-0.2, 0) is 7.05 Å². The molecule has 1 aliphatic heterocycles. The summed E-state index contributed by atoms with van der Waals surface area (Å²) in [5.74, 6) is 0.730. The Morgan fingerprint density at radius 1 is 1.38 bits per heavy atom. The Morgan fingerprint density at radius 2 is 2.08 bits per heavy atom. The normalized spacial score (nSPS) is 16.9. The van der Waals surface area contributed by atoms with E-state index in [1.54, 1.807) is 17.8 Å². The Morgan fingerprint density at radius 3 is 2.67 bits per heavy atom. The Balaban J connectivity index is 0.00000104. The van der Waals surface area contributed by atoms with Crippen molar-refractivity contribution in [2.45, 2.75) is 18.8 Å². The number of carbonyl (C=O) groups is 1. The number of rotatable bonds is 4. The smallest absolute Gasteiger partial charge is 0.274 e. The minimum absolute atomic E-state index is 0. The lowest BCUT2D eigenvalue weighted by Gasteiger charge is -2.27. The van der Waals surface area contributed by atoms with E-state index in [4.69, 9.17) is 0 Å². The highest BCUT2D eigenvalue weighted by atomic mass is 35.5. The van der Waals surface area contributed by atoms with Gasteiger partial charge in [0, 0.05) is 44.2 Å². The Hall–Kier alpha value is -1.57. The van der Waals surface area contributed by atoms with Gasteiger partial charge in [0.2, 0.25) is 0 Å². The van der Waals surface area contributed by atoms with Crippen molar-refractivity contribution in [3.05, 3.63) is 27.7 Å². The molecule has 1 aliphatic carbocycles. The second-order valence-electron chi connectivity index (χ2n) is 6.30. The third-order valence-corrected chi connectivity index (χ3v) is 4.49. The van der Waals surface area contributed by atoms with E-state index in [1.807, 2.05) is 0 Å². The monoisotopic (exact) mass is 373 g/mol. The van der Waals surface area contributed by atoms with E-state index in [-0.39, 0.29) is 36.3 Å². The molecule has 2 fully saturated rings. The number of amides is 1. The summed E-state index contributed by atoms with van der Waals surface area (Å²) in [5.41, 5.74) is 1.66. The summed E-state index contributed by atoms with van der Waals surface area (Å²) >= 11 is 0. The molecule has 0 atom stereocenters. The number of nitrogens with zero attached hydrogens (tertiary/aromatic N) is 2. The number of H-pyrrole nitrogens is 1. The number of aryl methyl sites for hydroxylation is 1. The highest BCUT2D eigenvalue weighted by molar-refractivity contribution is 6.05. The van der Waals surface area contributed by atoms with E-state index < -0.39 is 0 Å². The summed E-state index contributed by atoms with van der Waals surface area (Å²) in [7, 11) is 1.75. The average Bonchev–Trinajstić information content (AvgIpc) is 3.24. The van der Waals surface area contributed by atoms with E-state index in [1.165, 1.54) is 0 Å². The van der Waals surface area contributed by atoms with Gasteiger partial charge in [-0.25, -0.2) is 4.98 Å². The van der Waals surface area contributed by atoms with Crippen molar-refractivity contribution in [2.75, 3.05) is 19.6 Å². The van der Waals surface area contributed by atoms with Gasteiger partial charge in [0.25, 0.3) is 11.5 Å². The fourth-order valence-corrected chi connectivity index (χ4v) is 2.87. The zero-order chi connectivity index (χ0) is 15.3. The van der Waals surface area contributed by atoms with Crippen LogP contribution in [0.1, 0.15) is 34.8 Å². The summed E-state index contributed by atoms with van der Waals surface area (Å²) in [4.78, 5) is 29.2. The highest BCUT2D eigenvalue weighted by Crippen LogP contribution is 2.39. The van der Waals surface area contributed by atoms with Crippen molar-refractivity contribution in [3.63, 3.8) is 0 Å². The maximum absolute atomic E-state index is 12.5. The third kappa shape index (κ3) is 3.29. The predicted octanol–water partition coefficient (Wildman–Crippen LogP) is 0.932. The van der Waals surface area contributed by atoms with Gasteiger partial charge in [0.1, 0.15) is 0 Å². The molecule has 1 saturated heterocycles. The molecule has 0 bridgehead atoms. The largest absolute Gasteiger partial charge is 0.352 e. The minimum Gasteiger partial charge on any atom is -0.352 e. The lowest BCUT2D eigenvalue weighted by molar-refractivity contribution is 0.0943. The van der Waals surface area contributed by atoms with Crippen LogP contribution in [0.5, 0.6) is 0 Å². The molecule has 132 valence electrons. The first-order valence-electron chi connectivity index (χ1n) is 7.72. The molecule has 2 aliphatic rings. The van der Waals surface area contributed by atoms with Crippen molar-refractivity contribution in [2.24, 2.45) is 13.0 Å². The molecular weight excluding hydrogens is 353 g/mol. The average molecular weight is 374 g/mol. The molecule has 0 aromatic carbocycles. The van der Waals surface area contributed by atoms with Gasteiger partial charge in [-0.1, -0.05) is 0 Å². The van der Waals surface area contributed by atoms with Crippen LogP contribution in [0.4, 0.5) is 0 Å². The summed E-state index contributed by atoms with van der Waals surface area (Å²) in [6, 6.07) is 1.80. The van der Waals surface area contributed by atoms with Crippen LogP contribution < -0.4 is 16.2 Å².